The predicted octanol–water partition coefficient (Wildman–Crippen LogP) is 3.04. The third-order valence-corrected chi connectivity index (χ3v) is 1.42. The van der Waals surface area contributed by atoms with Crippen molar-refractivity contribution in [2.24, 2.45) is 5.92 Å². The largest absolute Gasteiger partial charge is 0.0897 e. The van der Waals surface area contributed by atoms with Crippen LogP contribution in [0.2, 0.25) is 0 Å². The standard InChI is InChI=1S/C8H17/c1-4-6-8(3)7-5-2/h4,8H,5-7H2,1-3H3/q+1. The quantitative estimate of drug-likeness (QED) is 0.491. The maximum absolute atomic E-state index is 2.31. The van der Waals surface area contributed by atoms with Gasteiger partial charge >= 0.3 is 0 Å². The summed E-state index contributed by atoms with van der Waals surface area (Å²) in [5.41, 5.74) is 0. The lowest BCUT2D eigenvalue weighted by molar-refractivity contribution is 0.518. The summed E-state index contributed by atoms with van der Waals surface area (Å²) in [6, 6.07) is 0. The van der Waals surface area contributed by atoms with Crippen LogP contribution in [0.25, 0.3) is 0 Å². The first-order valence-corrected chi connectivity index (χ1v) is 3.59. The van der Waals surface area contributed by atoms with Gasteiger partial charge in [-0.05, 0) is 12.3 Å². The van der Waals surface area contributed by atoms with E-state index < -0.39 is 0 Å². The molecule has 48 valence electrons. The molecule has 0 aromatic rings. The smallest absolute Gasteiger partial charge is 0.0654 e. The molecule has 0 aliphatic carbocycles. The molecule has 0 aromatic carbocycles. The van der Waals surface area contributed by atoms with E-state index in [4.69, 9.17) is 0 Å². The minimum absolute atomic E-state index is 0.907. The topological polar surface area (TPSA) is 0 Å². The van der Waals surface area contributed by atoms with Crippen molar-refractivity contribution in [3.05, 3.63) is 6.42 Å². The highest BCUT2D eigenvalue weighted by Gasteiger charge is 2.01. The Bertz CT molecular complexity index is 33.3. The molecule has 0 heteroatoms. The van der Waals surface area contributed by atoms with Gasteiger partial charge in [0.2, 0.25) is 0 Å². The Hall–Kier alpha value is -0.130. The molecule has 0 spiro atoms. The van der Waals surface area contributed by atoms with Crippen LogP contribution in [-0.4, -0.2) is 0 Å². The molecule has 8 heavy (non-hydrogen) atoms. The molecular formula is C8H17+. The summed E-state index contributed by atoms with van der Waals surface area (Å²) in [5.74, 6) is 0.907. The average Bonchev–Trinajstić information content (AvgIpc) is 1.68. The third-order valence-electron chi connectivity index (χ3n) is 1.42. The summed E-state index contributed by atoms with van der Waals surface area (Å²) < 4.78 is 0. The van der Waals surface area contributed by atoms with Crippen molar-refractivity contribution in [1.82, 2.24) is 0 Å². The van der Waals surface area contributed by atoms with Crippen LogP contribution in [-0.2, 0) is 0 Å². The van der Waals surface area contributed by atoms with Gasteiger partial charge in [0.1, 0.15) is 0 Å². The van der Waals surface area contributed by atoms with Crippen LogP contribution in [0.5, 0.6) is 0 Å². The molecular weight excluding hydrogens is 96.1 g/mol. The van der Waals surface area contributed by atoms with Gasteiger partial charge in [-0.3, -0.25) is 0 Å². The van der Waals surface area contributed by atoms with Crippen molar-refractivity contribution in [1.29, 1.82) is 0 Å². The Morgan fingerprint density at radius 1 is 1.50 bits per heavy atom. The summed E-state index contributed by atoms with van der Waals surface area (Å²) >= 11 is 0. The molecule has 0 fully saturated rings. The highest BCUT2D eigenvalue weighted by Crippen LogP contribution is 2.10. The van der Waals surface area contributed by atoms with Crippen LogP contribution >= 0.6 is 0 Å². The van der Waals surface area contributed by atoms with E-state index in [0.29, 0.717) is 0 Å². The molecule has 0 rings (SSSR count). The van der Waals surface area contributed by atoms with E-state index in [1.54, 1.807) is 0 Å². The van der Waals surface area contributed by atoms with Gasteiger partial charge in [-0.15, -0.1) is 0 Å². The van der Waals surface area contributed by atoms with Gasteiger partial charge in [0.05, 0.1) is 19.8 Å². The van der Waals surface area contributed by atoms with E-state index in [1.807, 2.05) is 0 Å². The summed E-state index contributed by atoms with van der Waals surface area (Å²) in [5, 5.41) is 0. The van der Waals surface area contributed by atoms with Crippen molar-refractivity contribution in [2.45, 2.75) is 40.0 Å². The molecule has 0 bridgehead atoms. The summed E-state index contributed by atoms with van der Waals surface area (Å²) in [7, 11) is 0. The monoisotopic (exact) mass is 113 g/mol. The minimum atomic E-state index is 0.907. The lowest BCUT2D eigenvalue weighted by Gasteiger charge is -2.00. The van der Waals surface area contributed by atoms with E-state index in [0.717, 1.165) is 5.92 Å². The zero-order chi connectivity index (χ0) is 6.41. The Morgan fingerprint density at radius 3 is 2.50 bits per heavy atom. The van der Waals surface area contributed by atoms with Gasteiger partial charge in [-0.25, -0.2) is 0 Å². The fourth-order valence-electron chi connectivity index (χ4n) is 1.01. The van der Waals surface area contributed by atoms with Crippen LogP contribution in [0, 0.1) is 12.3 Å². The van der Waals surface area contributed by atoms with E-state index in [1.165, 1.54) is 19.3 Å². The molecule has 1 atom stereocenters. The SMILES string of the molecule is C[CH+]CC(C)CCC. The summed E-state index contributed by atoms with van der Waals surface area (Å²) in [4.78, 5) is 0. The number of hydrogen-bond acceptors (Lipinski definition) is 0. The minimum Gasteiger partial charge on any atom is -0.0654 e. The highest BCUT2D eigenvalue weighted by molar-refractivity contribution is 4.61. The second-order valence-electron chi connectivity index (χ2n) is 2.54. The molecule has 0 aliphatic heterocycles. The number of hydrogen-bond donors (Lipinski definition) is 0. The highest BCUT2D eigenvalue weighted by atomic mass is 14.0. The van der Waals surface area contributed by atoms with Gasteiger partial charge in [0.15, 0.2) is 0 Å². The molecule has 0 aliphatic rings. The van der Waals surface area contributed by atoms with Gasteiger partial charge in [-0.1, -0.05) is 20.3 Å². The van der Waals surface area contributed by atoms with Gasteiger partial charge in [0.25, 0.3) is 0 Å². The fourth-order valence-corrected chi connectivity index (χ4v) is 1.01. The van der Waals surface area contributed by atoms with Gasteiger partial charge < -0.3 is 0 Å². The van der Waals surface area contributed by atoms with Crippen LogP contribution < -0.4 is 0 Å². The summed E-state index contributed by atoms with van der Waals surface area (Å²) in [6.07, 6.45) is 6.24. The van der Waals surface area contributed by atoms with Crippen molar-refractivity contribution in [3.63, 3.8) is 0 Å². The van der Waals surface area contributed by atoms with E-state index in [9.17, 15) is 0 Å². The Balaban J connectivity index is 2.92. The van der Waals surface area contributed by atoms with E-state index >= 15 is 0 Å². The van der Waals surface area contributed by atoms with E-state index in [2.05, 4.69) is 27.2 Å². The first kappa shape index (κ1) is 7.87. The normalized spacial score (nSPS) is 13.4. The number of rotatable bonds is 4. The molecule has 0 radical (unpaired) electrons. The lowest BCUT2D eigenvalue weighted by Crippen LogP contribution is -1.91. The molecule has 0 heterocycles. The van der Waals surface area contributed by atoms with Crippen molar-refractivity contribution < 1.29 is 0 Å². The maximum Gasteiger partial charge on any atom is 0.0897 e. The van der Waals surface area contributed by atoms with Gasteiger partial charge in [-0.2, -0.15) is 0 Å². The zero-order valence-electron chi connectivity index (χ0n) is 6.28. The first-order chi connectivity index (χ1) is 3.81. The molecule has 0 N–H and O–H groups in total. The molecule has 0 nitrogen and oxygen atoms in total. The Kier molecular flexibility index (Phi) is 4.93. The van der Waals surface area contributed by atoms with Crippen LogP contribution in [0.1, 0.15) is 40.0 Å². The molecule has 0 amide bonds. The molecule has 0 saturated carbocycles. The fraction of sp³-hybridized carbons (Fsp3) is 0.875. The van der Waals surface area contributed by atoms with Crippen molar-refractivity contribution >= 4 is 0 Å². The average molecular weight is 113 g/mol. The van der Waals surface area contributed by atoms with Crippen molar-refractivity contribution in [2.75, 3.05) is 0 Å². The molecule has 1 unspecified atom stereocenters. The Morgan fingerprint density at radius 2 is 2.12 bits per heavy atom. The summed E-state index contributed by atoms with van der Waals surface area (Å²) in [6.45, 7) is 6.68. The van der Waals surface area contributed by atoms with Crippen LogP contribution in [0.15, 0.2) is 0 Å². The lowest BCUT2D eigenvalue weighted by atomic mass is 10.0. The third kappa shape index (κ3) is 4.04. The Labute approximate surface area is 53.3 Å². The second-order valence-corrected chi connectivity index (χ2v) is 2.54. The molecule has 0 aromatic heterocycles. The van der Waals surface area contributed by atoms with Gasteiger partial charge in [0, 0.05) is 0 Å². The maximum atomic E-state index is 2.31. The first-order valence-electron chi connectivity index (χ1n) is 3.59. The predicted molar refractivity (Wildman–Crippen MR) is 38.7 cm³/mol. The van der Waals surface area contributed by atoms with E-state index in [-0.39, 0.29) is 0 Å². The zero-order valence-corrected chi connectivity index (χ0v) is 6.28. The van der Waals surface area contributed by atoms with Crippen molar-refractivity contribution in [3.8, 4) is 0 Å². The van der Waals surface area contributed by atoms with Crippen LogP contribution in [0.4, 0.5) is 0 Å². The second kappa shape index (κ2) is 5.02. The molecule has 0 saturated heterocycles. The van der Waals surface area contributed by atoms with Crippen LogP contribution in [0.3, 0.4) is 0 Å².